The maximum absolute atomic E-state index is 15.0. The van der Waals surface area contributed by atoms with Crippen molar-refractivity contribution >= 4 is 111 Å². The number of amides is 5. The maximum atomic E-state index is 15.0. The van der Waals surface area contributed by atoms with Crippen LogP contribution in [0.2, 0.25) is 0 Å². The van der Waals surface area contributed by atoms with Gasteiger partial charge in [0.25, 0.3) is 0 Å². The second-order valence-electron chi connectivity index (χ2n) is 24.9. The highest BCUT2D eigenvalue weighted by molar-refractivity contribution is 6.00. The Bertz CT molecular complexity index is 3670. The summed E-state index contributed by atoms with van der Waals surface area (Å²) in [5.41, 5.74) is 7.52. The number of hydrogen-bond acceptors (Lipinski definition) is 26. The molecule has 4 rings (SSSR count). The third-order valence-electron chi connectivity index (χ3n) is 17.0. The standard InChI is InChI=1S/C70H87N7O26/c71-47(15-21-59(85)86)54(80)33-44(36-78)68(100)76-51(18-24-62(91)92)56(82)31-41(28-39-11-5-2-6-12-39)65(97)73-50(17-23-61(89)90)57(83)32-42(29-43-35-72-48-14-8-7-13-46(43)48)67(99)75-49(16-22-60(87)88)55(81)30-40(27-38-9-3-1-4-10-38)66(98)74-52(19-25-63(93)94)58(84)34-45(37-79)69(101)77-53(70(102)103)20-26-64(95)96/h1-14,35,40-42,44-45,47,49-53,72,78-79H,15-34,36-37,71H2,(H,73,97)(H,74,98)(H,75,99)(H,76,100)(H,77,101)(H,85,86)(H,87,88)(H,89,90)(H,91,92)(H,93,94)(H,95,96)(H,102,103)/p-6/t40-,41-,42-,44+,45+,47+,49+,50+,51+,52+,53+/m1/s1. The Kier molecular flexibility index (Phi) is 35.3. The number of Topliss-reactive ketones (excluding diaryl/α,β-unsaturated/α-hetero) is 5. The number of aromatic amines is 1. The van der Waals surface area contributed by atoms with Crippen molar-refractivity contribution in [2.45, 2.75) is 165 Å². The summed E-state index contributed by atoms with van der Waals surface area (Å²) in [5, 5.41) is 112. The largest absolute Gasteiger partial charge is 0.550 e. The van der Waals surface area contributed by atoms with Crippen LogP contribution < -0.4 is 63.0 Å². The fraction of sp³-hybridized carbons (Fsp3) is 0.471. The van der Waals surface area contributed by atoms with E-state index in [0.29, 0.717) is 27.6 Å². The predicted octanol–water partition coefficient (Wildman–Crippen LogP) is -6.93. The fourth-order valence-electron chi connectivity index (χ4n) is 11.3. The number of aromatic nitrogens is 1. The number of aliphatic carboxylic acids is 7. The molecule has 1 aromatic heterocycles. The zero-order chi connectivity index (χ0) is 76.5. The van der Waals surface area contributed by atoms with Gasteiger partial charge in [-0.2, -0.15) is 0 Å². The van der Waals surface area contributed by atoms with Gasteiger partial charge in [0, 0.05) is 103 Å². The van der Waals surface area contributed by atoms with Gasteiger partial charge in [0.05, 0.1) is 55.3 Å². The normalized spacial score (nSPS) is 14.4. The van der Waals surface area contributed by atoms with Crippen molar-refractivity contribution in [3.8, 4) is 0 Å². The van der Waals surface area contributed by atoms with Gasteiger partial charge in [0.15, 0.2) is 23.1 Å². The Balaban J connectivity index is 1.73. The first kappa shape index (κ1) is 84.5. The van der Waals surface area contributed by atoms with Gasteiger partial charge in [-0.15, -0.1) is 0 Å². The molecular weight excluding hydrogens is 1350 g/mol. The summed E-state index contributed by atoms with van der Waals surface area (Å²) < 4.78 is 0. The van der Waals surface area contributed by atoms with E-state index in [9.17, 15) is 123 Å². The highest BCUT2D eigenvalue weighted by Crippen LogP contribution is 2.26. The number of fused-ring (bicyclic) bond motifs is 1. The van der Waals surface area contributed by atoms with Crippen LogP contribution in [-0.4, -0.2) is 170 Å². The molecule has 33 nitrogen and oxygen atoms in total. The lowest BCUT2D eigenvalue weighted by molar-refractivity contribution is -0.307. The Morgan fingerprint density at radius 3 is 0.981 bits per heavy atom. The number of nitrogens with one attached hydrogen (secondary N) is 6. The van der Waals surface area contributed by atoms with Crippen LogP contribution in [-0.2, 0) is 101 Å². The molecule has 0 aliphatic carbocycles. The van der Waals surface area contributed by atoms with E-state index in [1.165, 1.54) is 18.3 Å². The van der Waals surface area contributed by atoms with Crippen molar-refractivity contribution in [1.29, 1.82) is 0 Å². The van der Waals surface area contributed by atoms with E-state index in [-0.39, 0.29) is 25.7 Å². The van der Waals surface area contributed by atoms with Gasteiger partial charge in [-0.05, 0) is 119 Å². The second-order valence-corrected chi connectivity index (χ2v) is 24.9. The van der Waals surface area contributed by atoms with E-state index >= 15 is 4.79 Å². The number of carboxylic acid groups (broad SMARTS) is 7. The monoisotopic (exact) mass is 1440 g/mol. The summed E-state index contributed by atoms with van der Waals surface area (Å²) in [6, 6.07) is 11.9. The van der Waals surface area contributed by atoms with E-state index in [4.69, 9.17) is 5.73 Å². The van der Waals surface area contributed by atoms with Crippen molar-refractivity contribution in [3.63, 3.8) is 0 Å². The maximum Gasteiger partial charge on any atom is 0.326 e. The van der Waals surface area contributed by atoms with Crippen LogP contribution in [0.15, 0.2) is 91.1 Å². The Morgan fingerprint density at radius 1 is 0.359 bits per heavy atom. The SMILES string of the molecule is N[C@@H](CCC(=O)[O-])C(=O)C[C@@H](CO)C(=O)N[C@@H](CCC(=O)[O-])C(=O)C[C@@H](Cc1ccccc1)C(=O)N[C@@H](CCC(=O)[O-])C(=O)C[C@@H](Cc1c[nH]c2ccccc12)C(=O)N[C@@H](CCC(=O)[O-])C(=O)C[C@@H](Cc1ccccc1)C(=O)N[C@@H](CCC(=O)[O-])C(=O)C[C@@H](CO)C(=O)N[C@@H](CCC(=O)[O-])C(=O)O. The minimum Gasteiger partial charge on any atom is -0.550 e. The first-order valence-electron chi connectivity index (χ1n) is 33.0. The van der Waals surface area contributed by atoms with E-state index in [1.807, 2.05) is 5.32 Å². The van der Waals surface area contributed by atoms with E-state index < -0.39 is 282 Å². The zero-order valence-corrected chi connectivity index (χ0v) is 55.9. The minimum absolute atomic E-state index is 0.304. The van der Waals surface area contributed by atoms with Crippen LogP contribution in [0, 0.1) is 29.6 Å². The third-order valence-corrected chi connectivity index (χ3v) is 17.0. The first-order chi connectivity index (χ1) is 48.8. The van der Waals surface area contributed by atoms with Gasteiger partial charge in [-0.25, -0.2) is 4.79 Å². The number of aliphatic hydroxyl groups is 2. The molecule has 103 heavy (non-hydrogen) atoms. The number of ketones is 5. The van der Waals surface area contributed by atoms with Crippen LogP contribution in [0.1, 0.15) is 126 Å². The summed E-state index contributed by atoms with van der Waals surface area (Å²) in [5.74, 6) is -30.4. The summed E-state index contributed by atoms with van der Waals surface area (Å²) in [6.45, 7) is -2.12. The Morgan fingerprint density at radius 2 is 0.641 bits per heavy atom. The van der Waals surface area contributed by atoms with Gasteiger partial charge in [0.2, 0.25) is 29.5 Å². The van der Waals surface area contributed by atoms with Gasteiger partial charge in [0.1, 0.15) is 11.8 Å². The van der Waals surface area contributed by atoms with Gasteiger partial charge in [-0.1, -0.05) is 78.9 Å². The van der Waals surface area contributed by atoms with Crippen LogP contribution in [0.3, 0.4) is 0 Å². The van der Waals surface area contributed by atoms with E-state index in [0.717, 1.165) is 0 Å². The molecule has 0 unspecified atom stereocenters. The molecule has 3 aromatic carbocycles. The Labute approximate surface area is 589 Å². The minimum atomic E-state index is -1.84. The average Bonchev–Trinajstić information content (AvgIpc) is 1.72. The van der Waals surface area contributed by atoms with Crippen molar-refractivity contribution < 1.29 is 127 Å². The lowest BCUT2D eigenvalue weighted by Gasteiger charge is -2.27. The predicted molar refractivity (Wildman–Crippen MR) is 343 cm³/mol. The van der Waals surface area contributed by atoms with E-state index in [1.54, 1.807) is 72.8 Å². The number of hydrogen-bond donors (Lipinski definition) is 10. The van der Waals surface area contributed by atoms with Crippen LogP contribution >= 0.6 is 0 Å². The number of carboxylic acids is 7. The molecule has 11 atom stereocenters. The van der Waals surface area contributed by atoms with Gasteiger partial charge >= 0.3 is 5.97 Å². The van der Waals surface area contributed by atoms with Crippen LogP contribution in [0.5, 0.6) is 0 Å². The molecule has 0 saturated carbocycles. The fourth-order valence-corrected chi connectivity index (χ4v) is 11.3. The first-order valence-corrected chi connectivity index (χ1v) is 33.0. The molecule has 5 amide bonds. The molecule has 0 spiro atoms. The zero-order valence-electron chi connectivity index (χ0n) is 55.9. The van der Waals surface area contributed by atoms with Crippen LogP contribution in [0.4, 0.5) is 0 Å². The summed E-state index contributed by atoms with van der Waals surface area (Å²) in [4.78, 5) is 226. The quantitative estimate of drug-likeness (QED) is 0.0196. The van der Waals surface area contributed by atoms with Crippen molar-refractivity contribution in [3.05, 3.63) is 108 Å². The highest BCUT2D eigenvalue weighted by atomic mass is 16.4. The lowest BCUT2D eigenvalue weighted by Crippen LogP contribution is -2.50. The molecule has 0 bridgehead atoms. The number of carbonyl (C=O) groups is 17. The van der Waals surface area contributed by atoms with Gasteiger partial charge < -0.3 is 112 Å². The number of rotatable bonds is 52. The summed E-state index contributed by atoms with van der Waals surface area (Å²) in [7, 11) is 0. The number of para-hydroxylation sites is 1. The molecule has 0 aliphatic rings. The highest BCUT2D eigenvalue weighted by Gasteiger charge is 2.38. The molecule has 0 fully saturated rings. The topological polar surface area (TPSA) is 591 Å². The van der Waals surface area contributed by atoms with Crippen LogP contribution in [0.25, 0.3) is 10.9 Å². The van der Waals surface area contributed by atoms with E-state index in [2.05, 4.69) is 26.3 Å². The summed E-state index contributed by atoms with van der Waals surface area (Å²) in [6.07, 6.45) is -12.7. The van der Waals surface area contributed by atoms with Gasteiger partial charge in [-0.3, -0.25) is 47.9 Å². The average molecular weight is 1440 g/mol. The molecular formula is C70H81N7O26-6. The van der Waals surface area contributed by atoms with Crippen molar-refractivity contribution in [1.82, 2.24) is 31.6 Å². The molecule has 33 heteroatoms. The number of carbonyl (C=O) groups excluding carboxylic acids is 16. The number of H-pyrrole nitrogens is 1. The van der Waals surface area contributed by atoms with Crippen molar-refractivity contribution in [2.75, 3.05) is 13.2 Å². The molecule has 4 aromatic rings. The molecule has 11 N–H and O–H groups in total. The molecule has 558 valence electrons. The smallest absolute Gasteiger partial charge is 0.326 e. The van der Waals surface area contributed by atoms with Crippen molar-refractivity contribution in [2.24, 2.45) is 35.3 Å². The summed E-state index contributed by atoms with van der Waals surface area (Å²) >= 11 is 0. The molecule has 0 saturated heterocycles. The lowest BCUT2D eigenvalue weighted by atomic mass is 9.87. The number of aliphatic hydroxyl groups excluding tert-OH is 2. The number of nitrogens with two attached hydrogens (primary N) is 1. The molecule has 0 aliphatic heterocycles. The number of benzene rings is 3. The third kappa shape index (κ3) is 30.0. The molecule has 1 heterocycles. The Hall–Kier alpha value is -10.9. The molecule has 0 radical (unpaired) electrons. The second kappa shape index (κ2) is 43.0.